The van der Waals surface area contributed by atoms with Crippen LogP contribution < -0.4 is 0 Å². The van der Waals surface area contributed by atoms with Gasteiger partial charge in [0.1, 0.15) is 0 Å². The van der Waals surface area contributed by atoms with Gasteiger partial charge in [-0.15, -0.1) is 0 Å². The molecule has 3 heteroatoms. The zero-order chi connectivity index (χ0) is 12.1. The molecule has 1 aliphatic rings. The normalized spacial score (nSPS) is 23.5. The third-order valence-corrected chi connectivity index (χ3v) is 3.55. The smallest absolute Gasteiger partial charge is 0.0917 e. The second-order valence-corrected chi connectivity index (χ2v) is 4.75. The highest BCUT2D eigenvalue weighted by molar-refractivity contribution is 5.17. The van der Waals surface area contributed by atoms with Gasteiger partial charge in [-0.1, -0.05) is 36.8 Å². The fraction of sp³-hybridized carbons (Fsp3) is 0.571. The maximum absolute atomic E-state index is 10.2. The molecule has 0 aromatic heterocycles. The van der Waals surface area contributed by atoms with Crippen molar-refractivity contribution < 1.29 is 10.2 Å². The van der Waals surface area contributed by atoms with Crippen LogP contribution in [0.1, 0.15) is 30.9 Å². The zero-order valence-corrected chi connectivity index (χ0v) is 10.1. The molecular weight excluding hydrogens is 214 g/mol. The van der Waals surface area contributed by atoms with E-state index in [0.29, 0.717) is 6.54 Å². The molecule has 0 spiro atoms. The van der Waals surface area contributed by atoms with Gasteiger partial charge in [0.25, 0.3) is 0 Å². The van der Waals surface area contributed by atoms with Crippen molar-refractivity contribution in [3.63, 3.8) is 0 Å². The highest BCUT2D eigenvalue weighted by Gasteiger charge is 2.23. The Kier molecular flexibility index (Phi) is 4.54. The van der Waals surface area contributed by atoms with E-state index in [1.165, 1.54) is 6.42 Å². The minimum absolute atomic E-state index is 0.196. The fourth-order valence-corrected chi connectivity index (χ4v) is 2.51. The lowest BCUT2D eigenvalue weighted by molar-refractivity contribution is 0.0417. The average molecular weight is 235 g/mol. The quantitative estimate of drug-likeness (QED) is 0.832. The first kappa shape index (κ1) is 12.6. The minimum Gasteiger partial charge on any atom is -0.395 e. The summed E-state index contributed by atoms with van der Waals surface area (Å²) in [7, 11) is 0. The molecule has 0 unspecified atom stereocenters. The molecule has 2 atom stereocenters. The minimum atomic E-state index is -0.455. The summed E-state index contributed by atoms with van der Waals surface area (Å²) in [4.78, 5) is 2.21. The monoisotopic (exact) mass is 235 g/mol. The molecule has 1 fully saturated rings. The summed E-state index contributed by atoms with van der Waals surface area (Å²) >= 11 is 0. The average Bonchev–Trinajstić information content (AvgIpc) is 2.40. The molecule has 0 aliphatic carbocycles. The zero-order valence-electron chi connectivity index (χ0n) is 10.1. The number of aliphatic hydroxyl groups is 2. The molecule has 2 N–H and O–H groups in total. The molecule has 2 rings (SSSR count). The predicted octanol–water partition coefficient (Wildman–Crippen LogP) is 1.57. The number of hydrogen-bond acceptors (Lipinski definition) is 3. The fourth-order valence-electron chi connectivity index (χ4n) is 2.51. The van der Waals surface area contributed by atoms with E-state index >= 15 is 0 Å². The number of likely N-dealkylation sites (tertiary alicyclic amines) is 1. The van der Waals surface area contributed by atoms with Crippen LogP contribution in [0.4, 0.5) is 0 Å². The lowest BCUT2D eigenvalue weighted by Gasteiger charge is -2.35. The Morgan fingerprint density at radius 2 is 2.00 bits per heavy atom. The molecule has 1 saturated heterocycles. The van der Waals surface area contributed by atoms with Crippen molar-refractivity contribution in [2.75, 3.05) is 19.7 Å². The molecule has 1 aliphatic heterocycles. The van der Waals surface area contributed by atoms with Crippen molar-refractivity contribution in [2.45, 2.75) is 31.4 Å². The van der Waals surface area contributed by atoms with Gasteiger partial charge in [-0.05, 0) is 24.9 Å². The summed E-state index contributed by atoms with van der Waals surface area (Å²) in [5, 5.41) is 19.5. The lowest BCUT2D eigenvalue weighted by atomic mass is 10.0. The van der Waals surface area contributed by atoms with Gasteiger partial charge in [-0.3, -0.25) is 4.90 Å². The van der Waals surface area contributed by atoms with Crippen LogP contribution in [0.3, 0.4) is 0 Å². The van der Waals surface area contributed by atoms with Crippen molar-refractivity contribution in [1.82, 2.24) is 4.90 Å². The first-order valence-electron chi connectivity index (χ1n) is 6.39. The Hall–Kier alpha value is -0.900. The van der Waals surface area contributed by atoms with Crippen LogP contribution in [0.15, 0.2) is 30.3 Å². The first-order chi connectivity index (χ1) is 8.31. The molecule has 0 amide bonds. The predicted molar refractivity (Wildman–Crippen MR) is 67.7 cm³/mol. The van der Waals surface area contributed by atoms with Gasteiger partial charge < -0.3 is 10.2 Å². The molecule has 3 nitrogen and oxygen atoms in total. The number of rotatable bonds is 4. The van der Waals surface area contributed by atoms with Crippen molar-refractivity contribution in [3.8, 4) is 0 Å². The molecular formula is C14H21NO2. The van der Waals surface area contributed by atoms with Crippen LogP contribution in [-0.2, 0) is 0 Å². The summed E-state index contributed by atoms with van der Waals surface area (Å²) in [6.45, 7) is 1.80. The summed E-state index contributed by atoms with van der Waals surface area (Å²) in [6, 6.07) is 9.96. The Balaban J connectivity index is 1.95. The van der Waals surface area contributed by atoms with E-state index in [0.717, 1.165) is 24.9 Å². The van der Waals surface area contributed by atoms with Crippen molar-refractivity contribution >= 4 is 0 Å². The molecule has 1 aromatic rings. The van der Waals surface area contributed by atoms with E-state index in [1.54, 1.807) is 0 Å². The number of piperidine rings is 1. The second-order valence-electron chi connectivity index (χ2n) is 4.75. The van der Waals surface area contributed by atoms with Gasteiger partial charge in [0.2, 0.25) is 0 Å². The highest BCUT2D eigenvalue weighted by Crippen LogP contribution is 2.21. The Morgan fingerprint density at radius 3 is 2.71 bits per heavy atom. The lowest BCUT2D eigenvalue weighted by Crippen LogP contribution is -2.43. The second kappa shape index (κ2) is 6.15. The number of β-amino-alcohol motifs (C(OH)–C–C–N with tert-alkyl or cyclic N) is 1. The van der Waals surface area contributed by atoms with Gasteiger partial charge >= 0.3 is 0 Å². The summed E-state index contributed by atoms with van der Waals surface area (Å²) in [6.07, 6.45) is 2.93. The topological polar surface area (TPSA) is 43.7 Å². The molecule has 1 aromatic carbocycles. The van der Waals surface area contributed by atoms with Crippen LogP contribution >= 0.6 is 0 Å². The van der Waals surface area contributed by atoms with Crippen LogP contribution in [0, 0.1) is 0 Å². The summed E-state index contributed by atoms with van der Waals surface area (Å²) < 4.78 is 0. The molecule has 0 radical (unpaired) electrons. The van der Waals surface area contributed by atoms with E-state index in [2.05, 4.69) is 4.90 Å². The summed E-state index contributed by atoms with van der Waals surface area (Å²) in [5.74, 6) is 0. The van der Waals surface area contributed by atoms with Crippen molar-refractivity contribution in [2.24, 2.45) is 0 Å². The van der Waals surface area contributed by atoms with Crippen LogP contribution in [0.2, 0.25) is 0 Å². The largest absolute Gasteiger partial charge is 0.395 e. The van der Waals surface area contributed by atoms with E-state index in [9.17, 15) is 10.2 Å². The summed E-state index contributed by atoms with van der Waals surface area (Å²) in [5.41, 5.74) is 0.953. The molecule has 17 heavy (non-hydrogen) atoms. The Bertz CT molecular complexity index is 328. The number of nitrogens with zero attached hydrogens (tertiary/aromatic N) is 1. The van der Waals surface area contributed by atoms with Crippen molar-refractivity contribution in [3.05, 3.63) is 35.9 Å². The SMILES string of the molecule is OC[C@H]1CCCCN1C[C@@H](O)c1ccccc1. The molecule has 94 valence electrons. The van der Waals surface area contributed by atoms with E-state index in [-0.39, 0.29) is 12.6 Å². The van der Waals surface area contributed by atoms with Gasteiger partial charge in [0.15, 0.2) is 0 Å². The maximum atomic E-state index is 10.2. The van der Waals surface area contributed by atoms with Crippen LogP contribution in [0.25, 0.3) is 0 Å². The van der Waals surface area contributed by atoms with Crippen LogP contribution in [0.5, 0.6) is 0 Å². The van der Waals surface area contributed by atoms with E-state index in [4.69, 9.17) is 0 Å². The van der Waals surface area contributed by atoms with E-state index in [1.807, 2.05) is 30.3 Å². The number of benzene rings is 1. The van der Waals surface area contributed by atoms with Gasteiger partial charge in [0, 0.05) is 12.6 Å². The molecule has 1 heterocycles. The first-order valence-corrected chi connectivity index (χ1v) is 6.39. The van der Waals surface area contributed by atoms with E-state index < -0.39 is 6.10 Å². The Morgan fingerprint density at radius 1 is 1.24 bits per heavy atom. The molecule has 0 bridgehead atoms. The molecule has 0 saturated carbocycles. The van der Waals surface area contributed by atoms with Crippen LogP contribution in [-0.4, -0.2) is 40.9 Å². The highest BCUT2D eigenvalue weighted by atomic mass is 16.3. The van der Waals surface area contributed by atoms with Gasteiger partial charge in [-0.2, -0.15) is 0 Å². The van der Waals surface area contributed by atoms with Gasteiger partial charge in [-0.25, -0.2) is 0 Å². The maximum Gasteiger partial charge on any atom is 0.0917 e. The third kappa shape index (κ3) is 3.28. The number of aliphatic hydroxyl groups excluding tert-OH is 2. The Labute approximate surface area is 103 Å². The third-order valence-electron chi connectivity index (χ3n) is 3.55. The van der Waals surface area contributed by atoms with Crippen molar-refractivity contribution in [1.29, 1.82) is 0 Å². The number of hydrogen-bond donors (Lipinski definition) is 2. The van der Waals surface area contributed by atoms with Gasteiger partial charge in [0.05, 0.1) is 12.7 Å². The standard InChI is InChI=1S/C14H21NO2/c16-11-13-8-4-5-9-15(13)10-14(17)12-6-2-1-3-7-12/h1-3,6-7,13-14,16-17H,4-5,8-11H2/t13-,14-/m1/s1.